The fraction of sp³-hybridized carbons (Fsp3) is 0.462. The average molecular weight is 263 g/mol. The summed E-state index contributed by atoms with van der Waals surface area (Å²) in [4.78, 5) is 12.1. The molecule has 0 spiro atoms. The van der Waals surface area contributed by atoms with E-state index < -0.39 is 4.92 Å². The first-order valence-corrected chi connectivity index (χ1v) is 6.10. The monoisotopic (exact) mass is 263 g/mol. The van der Waals surface area contributed by atoms with Crippen LogP contribution in [0.2, 0.25) is 0 Å². The first-order valence-electron chi connectivity index (χ1n) is 6.10. The summed E-state index contributed by atoms with van der Waals surface area (Å²) in [7, 11) is 1.88. The van der Waals surface area contributed by atoms with Gasteiger partial charge in [0.15, 0.2) is 0 Å². The van der Waals surface area contributed by atoms with E-state index in [4.69, 9.17) is 10.4 Å². The molecule has 1 N–H and O–H groups in total. The molecule has 1 aromatic rings. The van der Waals surface area contributed by atoms with Gasteiger partial charge in [-0.05, 0) is 31.4 Å². The second-order valence-electron chi connectivity index (χ2n) is 4.28. The lowest BCUT2D eigenvalue weighted by atomic mass is 10.1. The van der Waals surface area contributed by atoms with Crippen LogP contribution in [0.1, 0.15) is 24.8 Å². The summed E-state index contributed by atoms with van der Waals surface area (Å²) < 4.78 is 0. The van der Waals surface area contributed by atoms with Crippen molar-refractivity contribution in [2.45, 2.75) is 19.3 Å². The van der Waals surface area contributed by atoms with Gasteiger partial charge in [-0.3, -0.25) is 10.1 Å². The van der Waals surface area contributed by atoms with Crippen LogP contribution in [-0.4, -0.2) is 30.2 Å². The maximum Gasteiger partial charge on any atom is 0.287 e. The maximum absolute atomic E-state index is 10.7. The largest absolute Gasteiger partial charge is 0.396 e. The predicted octanol–water partition coefficient (Wildman–Crippen LogP) is 2.07. The molecular weight excluding hydrogens is 246 g/mol. The Morgan fingerprint density at radius 1 is 1.42 bits per heavy atom. The molecule has 0 heterocycles. The van der Waals surface area contributed by atoms with Crippen LogP contribution < -0.4 is 4.90 Å². The molecule has 0 radical (unpaired) electrons. The van der Waals surface area contributed by atoms with E-state index in [-0.39, 0.29) is 17.9 Å². The maximum atomic E-state index is 10.7. The number of benzene rings is 1. The molecule has 1 aromatic carbocycles. The molecule has 102 valence electrons. The zero-order valence-electron chi connectivity index (χ0n) is 10.9. The molecule has 0 fully saturated rings. The number of nitro benzene ring substituents is 1. The van der Waals surface area contributed by atoms with Gasteiger partial charge in [-0.25, -0.2) is 0 Å². The Morgan fingerprint density at radius 3 is 2.74 bits per heavy atom. The van der Waals surface area contributed by atoms with E-state index in [1.807, 2.05) is 18.0 Å². The van der Waals surface area contributed by atoms with Crippen molar-refractivity contribution in [2.24, 2.45) is 0 Å². The van der Waals surface area contributed by atoms with Gasteiger partial charge in [-0.2, -0.15) is 5.26 Å². The Balaban J connectivity index is 2.74. The number of rotatable bonds is 7. The number of nitriles is 1. The number of aliphatic hydroxyl groups is 1. The molecule has 0 saturated carbocycles. The van der Waals surface area contributed by atoms with Crippen LogP contribution >= 0.6 is 0 Å². The van der Waals surface area contributed by atoms with Crippen LogP contribution in [0.15, 0.2) is 18.2 Å². The molecule has 0 bridgehead atoms. The van der Waals surface area contributed by atoms with Crippen LogP contribution in [0.3, 0.4) is 0 Å². The number of aliphatic hydroxyl groups excluding tert-OH is 1. The molecule has 0 saturated heterocycles. The summed E-state index contributed by atoms with van der Waals surface area (Å²) in [6.07, 6.45) is 2.63. The molecule has 6 heteroatoms. The Morgan fingerprint density at radius 2 is 2.16 bits per heavy atom. The van der Waals surface area contributed by atoms with Crippen molar-refractivity contribution in [3.05, 3.63) is 33.9 Å². The first-order chi connectivity index (χ1) is 9.10. The third-order valence-corrected chi connectivity index (χ3v) is 2.89. The Bertz CT molecular complexity index is 483. The molecule has 0 atom stereocenters. The summed E-state index contributed by atoms with van der Waals surface area (Å²) in [5, 5.41) is 28.3. The highest BCUT2D eigenvalue weighted by Crippen LogP contribution is 2.24. The molecule has 0 aliphatic heterocycles. The van der Waals surface area contributed by atoms with Gasteiger partial charge in [0.2, 0.25) is 0 Å². The quantitative estimate of drug-likeness (QED) is 0.462. The smallest absolute Gasteiger partial charge is 0.287 e. The number of hydrogen-bond donors (Lipinski definition) is 1. The minimum atomic E-state index is -0.552. The van der Waals surface area contributed by atoms with Crippen molar-refractivity contribution in [3.63, 3.8) is 0 Å². The van der Waals surface area contributed by atoms with Gasteiger partial charge in [0.05, 0.1) is 4.92 Å². The first kappa shape index (κ1) is 14.9. The topological polar surface area (TPSA) is 90.4 Å². The van der Waals surface area contributed by atoms with Gasteiger partial charge < -0.3 is 10.0 Å². The highest BCUT2D eigenvalue weighted by molar-refractivity contribution is 5.59. The normalized spacial score (nSPS) is 9.95. The minimum absolute atomic E-state index is 0.0738. The van der Waals surface area contributed by atoms with Crippen molar-refractivity contribution < 1.29 is 10.0 Å². The molecule has 0 aliphatic rings. The van der Waals surface area contributed by atoms with Crippen LogP contribution in [0, 0.1) is 21.4 Å². The van der Waals surface area contributed by atoms with Crippen molar-refractivity contribution >= 4 is 11.4 Å². The van der Waals surface area contributed by atoms with Crippen molar-refractivity contribution in [2.75, 3.05) is 25.1 Å². The minimum Gasteiger partial charge on any atom is -0.396 e. The van der Waals surface area contributed by atoms with Crippen LogP contribution in [0.5, 0.6) is 0 Å². The molecule has 0 aromatic heterocycles. The molecule has 0 unspecified atom stereocenters. The number of nitrogens with zero attached hydrogens (tertiary/aromatic N) is 3. The van der Waals surface area contributed by atoms with Crippen LogP contribution in [-0.2, 0) is 0 Å². The van der Waals surface area contributed by atoms with Gasteiger partial charge in [-0.15, -0.1) is 0 Å². The zero-order valence-corrected chi connectivity index (χ0v) is 10.9. The highest BCUT2D eigenvalue weighted by Gasteiger charge is 2.14. The van der Waals surface area contributed by atoms with Crippen molar-refractivity contribution in [1.29, 1.82) is 5.26 Å². The van der Waals surface area contributed by atoms with E-state index in [0.29, 0.717) is 0 Å². The standard InChI is InChI=1S/C13H17N3O3/c1-15(7-3-2-4-8-17)12-5-6-13(16(18)19)11(9-12)10-14/h5-6,9,17H,2-4,7-8H2,1H3. The number of hydrogen-bond acceptors (Lipinski definition) is 5. The highest BCUT2D eigenvalue weighted by atomic mass is 16.6. The second-order valence-corrected chi connectivity index (χ2v) is 4.28. The molecule has 0 amide bonds. The number of nitro groups is 1. The summed E-state index contributed by atoms with van der Waals surface area (Å²) in [5.74, 6) is 0. The number of anilines is 1. The summed E-state index contributed by atoms with van der Waals surface area (Å²) in [6.45, 7) is 0.975. The van der Waals surface area contributed by atoms with Crippen molar-refractivity contribution in [1.82, 2.24) is 0 Å². The summed E-state index contributed by atoms with van der Waals surface area (Å²) in [6, 6.07) is 6.38. The fourth-order valence-corrected chi connectivity index (χ4v) is 1.78. The van der Waals surface area contributed by atoms with Gasteiger partial charge in [-0.1, -0.05) is 0 Å². The molecule has 1 rings (SSSR count). The zero-order chi connectivity index (χ0) is 14.3. The average Bonchev–Trinajstić information content (AvgIpc) is 2.42. The van der Waals surface area contributed by atoms with Gasteiger partial charge >= 0.3 is 0 Å². The van der Waals surface area contributed by atoms with E-state index in [9.17, 15) is 10.1 Å². The Hall–Kier alpha value is -2.13. The second kappa shape index (κ2) is 7.34. The lowest BCUT2D eigenvalue weighted by Gasteiger charge is -2.19. The summed E-state index contributed by atoms with van der Waals surface area (Å²) in [5.41, 5.74) is 0.691. The SMILES string of the molecule is CN(CCCCCO)c1ccc([N+](=O)[O-])c(C#N)c1. The Labute approximate surface area is 112 Å². The van der Waals surface area contributed by atoms with Gasteiger partial charge in [0, 0.05) is 32.0 Å². The predicted molar refractivity (Wildman–Crippen MR) is 72.0 cm³/mol. The third-order valence-electron chi connectivity index (χ3n) is 2.89. The molecule has 6 nitrogen and oxygen atoms in total. The summed E-state index contributed by atoms with van der Waals surface area (Å²) >= 11 is 0. The lowest BCUT2D eigenvalue weighted by molar-refractivity contribution is -0.385. The van der Waals surface area contributed by atoms with E-state index in [2.05, 4.69) is 0 Å². The van der Waals surface area contributed by atoms with Crippen LogP contribution in [0.4, 0.5) is 11.4 Å². The van der Waals surface area contributed by atoms with E-state index in [1.165, 1.54) is 12.1 Å². The van der Waals surface area contributed by atoms with E-state index in [1.54, 1.807) is 6.07 Å². The molecular formula is C13H17N3O3. The lowest BCUT2D eigenvalue weighted by Crippen LogP contribution is -2.18. The van der Waals surface area contributed by atoms with Crippen LogP contribution in [0.25, 0.3) is 0 Å². The molecule has 0 aliphatic carbocycles. The fourth-order valence-electron chi connectivity index (χ4n) is 1.78. The number of unbranched alkanes of at least 4 members (excludes halogenated alkanes) is 2. The van der Waals surface area contributed by atoms with E-state index in [0.717, 1.165) is 31.5 Å². The molecule has 19 heavy (non-hydrogen) atoms. The third kappa shape index (κ3) is 4.23. The van der Waals surface area contributed by atoms with Gasteiger partial charge in [0.1, 0.15) is 11.6 Å². The Kier molecular flexibility index (Phi) is 5.76. The van der Waals surface area contributed by atoms with Gasteiger partial charge in [0.25, 0.3) is 5.69 Å². The van der Waals surface area contributed by atoms with Crippen molar-refractivity contribution in [3.8, 4) is 6.07 Å². The van der Waals surface area contributed by atoms with E-state index >= 15 is 0 Å².